The molecule has 1 rings (SSSR count). The Bertz CT molecular complexity index is 319. The second kappa shape index (κ2) is 4.88. The second-order valence-electron chi connectivity index (χ2n) is 2.70. The van der Waals surface area contributed by atoms with Gasteiger partial charge in [-0.2, -0.15) is 0 Å². The van der Waals surface area contributed by atoms with Crippen molar-refractivity contribution in [2.75, 3.05) is 14.2 Å². The summed E-state index contributed by atoms with van der Waals surface area (Å²) >= 11 is 0. The van der Waals surface area contributed by atoms with Crippen LogP contribution in [0.25, 0.3) is 0 Å². The summed E-state index contributed by atoms with van der Waals surface area (Å²) in [7, 11) is 2.50. The summed E-state index contributed by atoms with van der Waals surface area (Å²) < 4.78 is 34.8. The number of ether oxygens (including phenoxy) is 2. The van der Waals surface area contributed by atoms with Gasteiger partial charge >= 0.3 is 0 Å². The van der Waals surface area contributed by atoms with E-state index in [1.165, 1.54) is 20.3 Å². The fourth-order valence-electron chi connectivity index (χ4n) is 1.16. The number of pyridine rings is 1. The van der Waals surface area contributed by atoms with Gasteiger partial charge in [-0.1, -0.05) is 0 Å². The van der Waals surface area contributed by atoms with Gasteiger partial charge in [0.25, 0.3) is 6.43 Å². The number of nitrogens with zero attached hydrogens (tertiary/aromatic N) is 1. The van der Waals surface area contributed by atoms with Crippen molar-refractivity contribution in [2.45, 2.75) is 13.0 Å². The van der Waals surface area contributed by atoms with Crippen molar-refractivity contribution in [3.8, 4) is 11.6 Å². The van der Waals surface area contributed by atoms with Crippen LogP contribution in [0.5, 0.6) is 11.6 Å². The first-order valence-electron chi connectivity index (χ1n) is 4.14. The van der Waals surface area contributed by atoms with Crippen LogP contribution in [0.3, 0.4) is 0 Å². The molecule has 0 bridgehead atoms. The van der Waals surface area contributed by atoms with Crippen LogP contribution in [0.15, 0.2) is 6.07 Å². The summed E-state index contributed by atoms with van der Waals surface area (Å²) in [5.41, 5.74) is -0.190. The van der Waals surface area contributed by atoms with Crippen LogP contribution >= 0.6 is 0 Å². The van der Waals surface area contributed by atoms with Crippen LogP contribution in [-0.4, -0.2) is 24.3 Å². The molecule has 6 heteroatoms. The molecule has 1 aromatic heterocycles. The monoisotopic (exact) mass is 219 g/mol. The Morgan fingerprint density at radius 3 is 2.47 bits per heavy atom. The van der Waals surface area contributed by atoms with Crippen molar-refractivity contribution < 1.29 is 23.4 Å². The molecule has 0 saturated carbocycles. The Labute approximate surface area is 85.5 Å². The third kappa shape index (κ3) is 2.33. The molecular formula is C9H11F2NO3. The summed E-state index contributed by atoms with van der Waals surface area (Å²) in [6.45, 7) is -0.365. The minimum absolute atomic E-state index is 0.0408. The maximum absolute atomic E-state index is 12.6. The maximum Gasteiger partial charge on any atom is 0.272 e. The topological polar surface area (TPSA) is 51.6 Å². The fraction of sp³-hybridized carbons (Fsp3) is 0.444. The van der Waals surface area contributed by atoms with Crippen LogP contribution in [-0.2, 0) is 6.61 Å². The number of hydrogen-bond acceptors (Lipinski definition) is 4. The highest BCUT2D eigenvalue weighted by Crippen LogP contribution is 2.36. The van der Waals surface area contributed by atoms with Crippen molar-refractivity contribution in [2.24, 2.45) is 0 Å². The summed E-state index contributed by atoms with van der Waals surface area (Å²) in [5.74, 6) is -0.269. The zero-order valence-corrected chi connectivity index (χ0v) is 8.33. The van der Waals surface area contributed by atoms with Crippen LogP contribution in [0.4, 0.5) is 8.78 Å². The molecule has 15 heavy (non-hydrogen) atoms. The molecule has 4 nitrogen and oxygen atoms in total. The first-order valence-corrected chi connectivity index (χ1v) is 4.14. The van der Waals surface area contributed by atoms with Gasteiger partial charge in [-0.15, -0.1) is 0 Å². The SMILES string of the molecule is COc1cc(CO)nc(OC)c1C(F)F. The van der Waals surface area contributed by atoms with Gasteiger partial charge in [-0.25, -0.2) is 13.8 Å². The number of alkyl halides is 2. The van der Waals surface area contributed by atoms with E-state index >= 15 is 0 Å². The third-order valence-corrected chi connectivity index (χ3v) is 1.83. The molecule has 0 aliphatic carbocycles. The molecule has 0 atom stereocenters. The van der Waals surface area contributed by atoms with Crippen molar-refractivity contribution in [3.63, 3.8) is 0 Å². The molecule has 1 aromatic rings. The molecule has 0 radical (unpaired) electrons. The summed E-state index contributed by atoms with van der Waals surface area (Å²) in [4.78, 5) is 3.71. The highest BCUT2D eigenvalue weighted by molar-refractivity contribution is 5.42. The number of halogens is 2. The van der Waals surface area contributed by atoms with E-state index in [1.807, 2.05) is 0 Å². The maximum atomic E-state index is 12.6. The van der Waals surface area contributed by atoms with Gasteiger partial charge in [0.2, 0.25) is 5.88 Å². The van der Waals surface area contributed by atoms with Crippen molar-refractivity contribution in [1.29, 1.82) is 0 Å². The molecule has 0 spiro atoms. The average Bonchev–Trinajstić information content (AvgIpc) is 2.26. The minimum Gasteiger partial charge on any atom is -0.496 e. The fourth-order valence-corrected chi connectivity index (χ4v) is 1.16. The van der Waals surface area contributed by atoms with Gasteiger partial charge in [0, 0.05) is 6.07 Å². The summed E-state index contributed by atoms with van der Waals surface area (Å²) in [5, 5.41) is 8.85. The predicted octanol–water partition coefficient (Wildman–Crippen LogP) is 1.53. The number of rotatable bonds is 4. The molecule has 0 saturated heterocycles. The first kappa shape index (κ1) is 11.6. The lowest BCUT2D eigenvalue weighted by Gasteiger charge is -2.12. The number of hydrogen-bond donors (Lipinski definition) is 1. The zero-order chi connectivity index (χ0) is 11.4. The standard InChI is InChI=1S/C9H11F2NO3/c1-14-6-3-5(4-13)12-9(15-2)7(6)8(10)11/h3,8,13H,4H2,1-2H3. The molecule has 0 aliphatic rings. The van der Waals surface area contributed by atoms with Gasteiger partial charge in [-0.3, -0.25) is 0 Å². The van der Waals surface area contributed by atoms with Crippen molar-refractivity contribution in [1.82, 2.24) is 4.98 Å². The third-order valence-electron chi connectivity index (χ3n) is 1.83. The molecule has 0 unspecified atom stereocenters. The smallest absolute Gasteiger partial charge is 0.272 e. The van der Waals surface area contributed by atoms with E-state index in [2.05, 4.69) is 4.98 Å². The molecule has 0 aliphatic heterocycles. The molecule has 84 valence electrons. The summed E-state index contributed by atoms with van der Waals surface area (Å²) in [6, 6.07) is 1.25. The predicted molar refractivity (Wildman–Crippen MR) is 48.2 cm³/mol. The van der Waals surface area contributed by atoms with E-state index < -0.39 is 12.0 Å². The lowest BCUT2D eigenvalue weighted by molar-refractivity contribution is 0.141. The zero-order valence-electron chi connectivity index (χ0n) is 8.33. The van der Waals surface area contributed by atoms with Crippen molar-refractivity contribution >= 4 is 0 Å². The molecule has 0 aromatic carbocycles. The van der Waals surface area contributed by atoms with E-state index in [-0.39, 0.29) is 23.9 Å². The van der Waals surface area contributed by atoms with E-state index in [9.17, 15) is 8.78 Å². The summed E-state index contributed by atoms with van der Waals surface area (Å²) in [6.07, 6.45) is -2.74. The van der Waals surface area contributed by atoms with E-state index in [1.54, 1.807) is 0 Å². The Kier molecular flexibility index (Phi) is 3.79. The van der Waals surface area contributed by atoms with Crippen molar-refractivity contribution in [3.05, 3.63) is 17.3 Å². The molecule has 0 fully saturated rings. The Balaban J connectivity index is 3.32. The molecule has 1 heterocycles. The van der Waals surface area contributed by atoms with Gasteiger partial charge in [-0.05, 0) is 0 Å². The second-order valence-corrected chi connectivity index (χ2v) is 2.70. The Hall–Kier alpha value is -1.43. The van der Waals surface area contributed by atoms with Crippen LogP contribution in [0.1, 0.15) is 17.7 Å². The lowest BCUT2D eigenvalue weighted by atomic mass is 10.2. The molecular weight excluding hydrogens is 208 g/mol. The quantitative estimate of drug-likeness (QED) is 0.834. The van der Waals surface area contributed by atoms with E-state index in [0.717, 1.165) is 0 Å². The molecule has 0 amide bonds. The van der Waals surface area contributed by atoms with Crippen LogP contribution in [0.2, 0.25) is 0 Å². The highest BCUT2D eigenvalue weighted by Gasteiger charge is 2.22. The minimum atomic E-state index is -2.74. The van der Waals surface area contributed by atoms with Gasteiger partial charge in [0.15, 0.2) is 0 Å². The number of aliphatic hydroxyl groups is 1. The average molecular weight is 219 g/mol. The number of methoxy groups -OCH3 is 2. The Morgan fingerprint density at radius 2 is 2.07 bits per heavy atom. The van der Waals surface area contributed by atoms with Crippen LogP contribution < -0.4 is 9.47 Å². The van der Waals surface area contributed by atoms with Gasteiger partial charge in [0.05, 0.1) is 26.5 Å². The van der Waals surface area contributed by atoms with E-state index in [4.69, 9.17) is 14.6 Å². The van der Waals surface area contributed by atoms with Crippen LogP contribution in [0, 0.1) is 0 Å². The lowest BCUT2D eigenvalue weighted by Crippen LogP contribution is -2.02. The van der Waals surface area contributed by atoms with E-state index in [0.29, 0.717) is 0 Å². The van der Waals surface area contributed by atoms with Gasteiger partial charge in [0.1, 0.15) is 11.3 Å². The molecule has 1 N–H and O–H groups in total. The number of aliphatic hydroxyl groups excluding tert-OH is 1. The normalized spacial score (nSPS) is 10.5. The highest BCUT2D eigenvalue weighted by atomic mass is 19.3. The largest absolute Gasteiger partial charge is 0.496 e. The first-order chi connectivity index (χ1) is 7.13. The Morgan fingerprint density at radius 1 is 1.40 bits per heavy atom. The number of aromatic nitrogens is 1. The van der Waals surface area contributed by atoms with Gasteiger partial charge < -0.3 is 14.6 Å².